The van der Waals surface area contributed by atoms with E-state index in [1.165, 1.54) is 17.2 Å². The van der Waals surface area contributed by atoms with Gasteiger partial charge in [0.15, 0.2) is 23.2 Å². The molecule has 1 saturated heterocycles. The lowest BCUT2D eigenvalue weighted by molar-refractivity contribution is -0.0511. The van der Waals surface area contributed by atoms with Gasteiger partial charge in [-0.3, -0.25) is 4.57 Å². The maximum Gasteiger partial charge on any atom is 0.167 e. The maximum absolute atomic E-state index is 10.3. The van der Waals surface area contributed by atoms with Gasteiger partial charge >= 0.3 is 0 Å². The van der Waals surface area contributed by atoms with Crippen LogP contribution in [0.3, 0.4) is 0 Å². The van der Waals surface area contributed by atoms with Crippen molar-refractivity contribution in [3.05, 3.63) is 48.5 Å². The van der Waals surface area contributed by atoms with Crippen LogP contribution in [-0.2, 0) is 4.74 Å². The van der Waals surface area contributed by atoms with E-state index in [4.69, 9.17) is 4.74 Å². The van der Waals surface area contributed by atoms with Gasteiger partial charge < -0.3 is 30.5 Å². The zero-order chi connectivity index (χ0) is 19.7. The second-order valence-corrected chi connectivity index (χ2v) is 6.58. The first-order valence-corrected chi connectivity index (χ1v) is 8.87. The van der Waals surface area contributed by atoms with Crippen LogP contribution in [0, 0.1) is 0 Å². The summed E-state index contributed by atoms with van der Waals surface area (Å²) in [5.74, 6) is 0.422. The Morgan fingerprint density at radius 1 is 1.11 bits per heavy atom. The summed E-state index contributed by atoms with van der Waals surface area (Å²) in [6, 6.07) is 9.24. The van der Waals surface area contributed by atoms with Crippen molar-refractivity contribution in [3.8, 4) is 0 Å². The lowest BCUT2D eigenvalue weighted by atomic mass is 10.1. The molecule has 148 valence electrons. The van der Waals surface area contributed by atoms with Gasteiger partial charge in [-0.25, -0.2) is 15.0 Å². The van der Waals surface area contributed by atoms with Crippen molar-refractivity contribution < 1.29 is 25.2 Å². The Labute approximate surface area is 160 Å². The number of aliphatic hydroxyl groups is 4. The first-order valence-electron chi connectivity index (χ1n) is 8.87. The molecule has 10 heteroatoms. The molecule has 0 radical (unpaired) electrons. The summed E-state index contributed by atoms with van der Waals surface area (Å²) >= 11 is 0. The minimum atomic E-state index is -1.24. The lowest BCUT2D eigenvalue weighted by Crippen LogP contribution is -2.33. The molecule has 3 aromatic rings. The first-order chi connectivity index (χ1) is 13.6. The van der Waals surface area contributed by atoms with Gasteiger partial charge in [0.05, 0.1) is 19.0 Å². The molecule has 1 aliphatic rings. The number of hydrogen-bond acceptors (Lipinski definition) is 9. The van der Waals surface area contributed by atoms with Crippen molar-refractivity contribution in [2.75, 3.05) is 18.5 Å². The summed E-state index contributed by atoms with van der Waals surface area (Å²) in [6.45, 7) is -0.197. The molecule has 1 aliphatic heterocycles. The smallest absolute Gasteiger partial charge is 0.167 e. The average molecular weight is 387 g/mol. The van der Waals surface area contributed by atoms with Gasteiger partial charge in [0.2, 0.25) is 0 Å². The van der Waals surface area contributed by atoms with E-state index in [-0.39, 0.29) is 6.54 Å². The Hall–Kier alpha value is -2.63. The van der Waals surface area contributed by atoms with Crippen molar-refractivity contribution >= 4 is 17.0 Å². The van der Waals surface area contributed by atoms with Crippen LogP contribution in [0.1, 0.15) is 17.9 Å². The minimum Gasteiger partial charge on any atom is -0.394 e. The third kappa shape index (κ3) is 3.32. The number of nitrogens with zero attached hydrogens (tertiary/aromatic N) is 4. The first kappa shape index (κ1) is 18.7. The highest BCUT2D eigenvalue weighted by atomic mass is 16.6. The Morgan fingerprint density at radius 2 is 1.89 bits per heavy atom. The molecule has 1 aromatic carbocycles. The number of imidazole rings is 1. The highest BCUT2D eigenvalue weighted by Crippen LogP contribution is 2.32. The van der Waals surface area contributed by atoms with E-state index in [1.54, 1.807) is 0 Å². The van der Waals surface area contributed by atoms with E-state index in [0.29, 0.717) is 17.0 Å². The van der Waals surface area contributed by atoms with Gasteiger partial charge in [0.25, 0.3) is 0 Å². The maximum atomic E-state index is 10.3. The number of benzene rings is 1. The topological polar surface area (TPSA) is 146 Å². The quantitative estimate of drug-likeness (QED) is 0.381. The predicted octanol–water partition coefficient (Wildman–Crippen LogP) is -0.417. The second-order valence-electron chi connectivity index (χ2n) is 6.58. The summed E-state index contributed by atoms with van der Waals surface area (Å²) in [5.41, 5.74) is 1.60. The summed E-state index contributed by atoms with van der Waals surface area (Å²) in [7, 11) is 0. The van der Waals surface area contributed by atoms with Crippen LogP contribution in [-0.4, -0.2) is 71.4 Å². The molecule has 1 fully saturated rings. The van der Waals surface area contributed by atoms with E-state index >= 15 is 0 Å². The van der Waals surface area contributed by atoms with Gasteiger partial charge in [-0.2, -0.15) is 0 Å². The molecular weight excluding hydrogens is 366 g/mol. The number of aliphatic hydroxyl groups excluding tert-OH is 4. The fraction of sp³-hybridized carbons (Fsp3) is 0.389. The van der Waals surface area contributed by atoms with Crippen LogP contribution in [0.5, 0.6) is 0 Å². The van der Waals surface area contributed by atoms with Gasteiger partial charge in [0.1, 0.15) is 24.6 Å². The Morgan fingerprint density at radius 3 is 2.61 bits per heavy atom. The zero-order valence-electron chi connectivity index (χ0n) is 14.8. The summed E-state index contributed by atoms with van der Waals surface area (Å²) in [5, 5.41) is 42.8. The monoisotopic (exact) mass is 387 g/mol. The van der Waals surface area contributed by atoms with Crippen molar-refractivity contribution in [1.82, 2.24) is 19.5 Å². The molecule has 2 aromatic heterocycles. The van der Waals surface area contributed by atoms with Crippen LogP contribution >= 0.6 is 0 Å². The molecule has 0 saturated carbocycles. The number of rotatable bonds is 6. The fourth-order valence-electron chi connectivity index (χ4n) is 3.26. The third-order valence-corrected chi connectivity index (χ3v) is 4.80. The second kappa shape index (κ2) is 7.78. The Balaban J connectivity index is 1.56. The Bertz CT molecular complexity index is 937. The van der Waals surface area contributed by atoms with Crippen molar-refractivity contribution in [2.45, 2.75) is 30.6 Å². The number of aromatic nitrogens is 4. The summed E-state index contributed by atoms with van der Waals surface area (Å²) in [4.78, 5) is 12.7. The SMILES string of the molecule is OC[C@H]1O[C@@H](n2cnc3c(NCC(O)c4ccccc4)ncnc32)[C@H](O)[C@@H]1O. The van der Waals surface area contributed by atoms with Gasteiger partial charge in [-0.15, -0.1) is 0 Å². The number of nitrogens with one attached hydrogen (secondary N) is 1. The molecule has 3 heterocycles. The predicted molar refractivity (Wildman–Crippen MR) is 98.2 cm³/mol. The fourth-order valence-corrected chi connectivity index (χ4v) is 3.26. The number of hydrogen-bond donors (Lipinski definition) is 5. The van der Waals surface area contributed by atoms with E-state index in [9.17, 15) is 20.4 Å². The highest BCUT2D eigenvalue weighted by Gasteiger charge is 2.44. The van der Waals surface area contributed by atoms with Gasteiger partial charge in [-0.05, 0) is 5.56 Å². The minimum absolute atomic E-state index is 0.219. The van der Waals surface area contributed by atoms with E-state index in [0.717, 1.165) is 5.56 Å². The molecule has 1 unspecified atom stereocenters. The lowest BCUT2D eigenvalue weighted by Gasteiger charge is -2.16. The molecule has 4 rings (SSSR count). The van der Waals surface area contributed by atoms with E-state index in [1.807, 2.05) is 30.3 Å². The molecule has 0 amide bonds. The Kier molecular flexibility index (Phi) is 5.20. The van der Waals surface area contributed by atoms with Crippen molar-refractivity contribution in [2.24, 2.45) is 0 Å². The summed E-state index contributed by atoms with van der Waals surface area (Å²) in [6.07, 6.45) is -2.24. The molecule has 0 bridgehead atoms. The van der Waals surface area contributed by atoms with Gasteiger partial charge in [0, 0.05) is 6.54 Å². The largest absolute Gasteiger partial charge is 0.394 e. The molecule has 0 aliphatic carbocycles. The molecule has 5 N–H and O–H groups in total. The van der Waals surface area contributed by atoms with E-state index < -0.39 is 37.3 Å². The number of fused-ring (bicyclic) bond motifs is 1. The van der Waals surface area contributed by atoms with Crippen molar-refractivity contribution in [1.29, 1.82) is 0 Å². The van der Waals surface area contributed by atoms with Crippen LogP contribution in [0.15, 0.2) is 43.0 Å². The number of anilines is 1. The van der Waals surface area contributed by atoms with Crippen LogP contribution in [0.2, 0.25) is 0 Å². The van der Waals surface area contributed by atoms with Crippen LogP contribution < -0.4 is 5.32 Å². The average Bonchev–Trinajstić information content (AvgIpc) is 3.28. The molecule has 28 heavy (non-hydrogen) atoms. The third-order valence-electron chi connectivity index (χ3n) is 4.80. The zero-order valence-corrected chi connectivity index (χ0v) is 14.8. The van der Waals surface area contributed by atoms with Gasteiger partial charge in [-0.1, -0.05) is 30.3 Å². The highest BCUT2D eigenvalue weighted by molar-refractivity contribution is 5.82. The van der Waals surface area contributed by atoms with Crippen LogP contribution in [0.25, 0.3) is 11.2 Å². The van der Waals surface area contributed by atoms with E-state index in [2.05, 4.69) is 20.3 Å². The summed E-state index contributed by atoms with van der Waals surface area (Å²) < 4.78 is 7.02. The molecular formula is C18H21N5O5. The van der Waals surface area contributed by atoms with Crippen LogP contribution in [0.4, 0.5) is 5.82 Å². The molecule has 0 spiro atoms. The van der Waals surface area contributed by atoms with Crippen molar-refractivity contribution in [3.63, 3.8) is 0 Å². The molecule has 5 atom stereocenters. The number of ether oxygens (including phenoxy) is 1. The standard InChI is InChI=1S/C18H21N5O5/c24-7-12-14(26)15(27)18(28-12)23-9-22-13-16(20-8-21-17(13)23)19-6-11(25)10-4-2-1-3-5-10/h1-5,8-9,11-12,14-15,18,24-27H,6-7H2,(H,19,20,21)/t11?,12-,14-,15-,18-/m1/s1. The molecule has 10 nitrogen and oxygen atoms in total. The normalized spacial score (nSPS) is 25.9.